The summed E-state index contributed by atoms with van der Waals surface area (Å²) in [5.41, 5.74) is 1.95. The zero-order valence-corrected chi connectivity index (χ0v) is 16.2. The van der Waals surface area contributed by atoms with Crippen molar-refractivity contribution in [2.45, 2.75) is 50.2 Å². The number of aromatic nitrogens is 3. The number of hydrogen-bond acceptors (Lipinski definition) is 4. The third-order valence-electron chi connectivity index (χ3n) is 4.57. The molecule has 0 atom stereocenters. The minimum absolute atomic E-state index is 0.0693. The Labute approximate surface area is 157 Å². The first kappa shape index (κ1) is 18.3. The van der Waals surface area contributed by atoms with Crippen LogP contribution < -0.4 is 5.32 Å². The van der Waals surface area contributed by atoms with Gasteiger partial charge in [0.2, 0.25) is 5.91 Å². The molecule has 1 aliphatic rings. The summed E-state index contributed by atoms with van der Waals surface area (Å²) in [5.74, 6) is 1.17. The lowest BCUT2D eigenvalue weighted by molar-refractivity contribution is -0.119. The molecular weight excluding hydrogens is 356 g/mol. The van der Waals surface area contributed by atoms with Gasteiger partial charge in [-0.15, -0.1) is 10.2 Å². The van der Waals surface area contributed by atoms with Crippen molar-refractivity contribution in [2.75, 3.05) is 5.75 Å². The summed E-state index contributed by atoms with van der Waals surface area (Å²) in [6.07, 6.45) is 5.90. The molecule has 5 nitrogen and oxygen atoms in total. The number of halogens is 1. The third kappa shape index (κ3) is 4.55. The molecule has 0 bridgehead atoms. The van der Waals surface area contributed by atoms with E-state index in [4.69, 9.17) is 11.6 Å². The van der Waals surface area contributed by atoms with Crippen LogP contribution in [0.2, 0.25) is 5.02 Å². The Morgan fingerprint density at radius 3 is 2.80 bits per heavy atom. The van der Waals surface area contributed by atoms with E-state index in [0.717, 1.165) is 34.9 Å². The maximum atomic E-state index is 12.1. The highest BCUT2D eigenvalue weighted by molar-refractivity contribution is 7.99. The van der Waals surface area contributed by atoms with Crippen LogP contribution in [-0.2, 0) is 11.8 Å². The van der Waals surface area contributed by atoms with E-state index in [1.807, 2.05) is 36.7 Å². The number of nitrogens with one attached hydrogen (secondary N) is 1. The second-order valence-electron chi connectivity index (χ2n) is 6.52. The van der Waals surface area contributed by atoms with Crippen LogP contribution in [0.3, 0.4) is 0 Å². The standard InChI is InChI=1S/C18H23ClN4OS/c1-12-8-9-13(10-15(12)19)17-21-22-18(23(17)2)25-11-16(24)20-14-6-4-3-5-7-14/h8-10,14H,3-7,11H2,1-2H3,(H,20,24). The second kappa shape index (κ2) is 8.23. The summed E-state index contributed by atoms with van der Waals surface area (Å²) in [6.45, 7) is 1.97. The maximum Gasteiger partial charge on any atom is 0.230 e. The predicted octanol–water partition coefficient (Wildman–Crippen LogP) is 3.98. The first-order valence-corrected chi connectivity index (χ1v) is 9.99. The van der Waals surface area contributed by atoms with Crippen LogP contribution >= 0.6 is 23.4 Å². The summed E-state index contributed by atoms with van der Waals surface area (Å²) in [5, 5.41) is 13.0. The maximum absolute atomic E-state index is 12.1. The van der Waals surface area contributed by atoms with Crippen molar-refractivity contribution in [1.82, 2.24) is 20.1 Å². The summed E-state index contributed by atoms with van der Waals surface area (Å²) < 4.78 is 1.90. The minimum Gasteiger partial charge on any atom is -0.353 e. The predicted molar refractivity (Wildman–Crippen MR) is 102 cm³/mol. The molecule has 0 aliphatic heterocycles. The topological polar surface area (TPSA) is 59.8 Å². The van der Waals surface area contributed by atoms with Gasteiger partial charge in [-0.1, -0.05) is 54.8 Å². The summed E-state index contributed by atoms with van der Waals surface area (Å²) in [4.78, 5) is 12.1. The highest BCUT2D eigenvalue weighted by Gasteiger charge is 2.17. The van der Waals surface area contributed by atoms with Gasteiger partial charge in [0.15, 0.2) is 11.0 Å². The Kier molecular flexibility index (Phi) is 6.02. The van der Waals surface area contributed by atoms with E-state index in [1.54, 1.807) is 0 Å². The zero-order chi connectivity index (χ0) is 17.8. The molecule has 1 fully saturated rings. The van der Waals surface area contributed by atoms with Gasteiger partial charge in [-0.05, 0) is 31.4 Å². The number of carbonyl (C=O) groups is 1. The molecule has 2 aromatic rings. The summed E-state index contributed by atoms with van der Waals surface area (Å²) in [7, 11) is 1.91. The van der Waals surface area contributed by atoms with Crippen LogP contribution in [0.1, 0.15) is 37.7 Å². The van der Waals surface area contributed by atoms with Gasteiger partial charge in [-0.2, -0.15) is 0 Å². The van der Waals surface area contributed by atoms with E-state index in [2.05, 4.69) is 15.5 Å². The first-order chi connectivity index (χ1) is 12.0. The number of hydrogen-bond donors (Lipinski definition) is 1. The zero-order valence-electron chi connectivity index (χ0n) is 14.6. The number of thioether (sulfide) groups is 1. The van der Waals surface area contributed by atoms with Gasteiger partial charge in [0.25, 0.3) is 0 Å². The van der Waals surface area contributed by atoms with Crippen molar-refractivity contribution in [2.24, 2.45) is 7.05 Å². The van der Waals surface area contributed by atoms with Crippen molar-refractivity contribution < 1.29 is 4.79 Å². The lowest BCUT2D eigenvalue weighted by Crippen LogP contribution is -2.37. The molecular formula is C18H23ClN4OS. The van der Waals surface area contributed by atoms with Gasteiger partial charge in [0.05, 0.1) is 5.75 Å². The van der Waals surface area contributed by atoms with Crippen molar-refractivity contribution in [3.05, 3.63) is 28.8 Å². The number of rotatable bonds is 5. The van der Waals surface area contributed by atoms with Gasteiger partial charge in [-0.3, -0.25) is 4.79 Å². The quantitative estimate of drug-likeness (QED) is 0.799. The lowest BCUT2D eigenvalue weighted by atomic mass is 9.95. The molecule has 1 heterocycles. The number of nitrogens with zero attached hydrogens (tertiary/aromatic N) is 3. The molecule has 0 radical (unpaired) electrons. The van der Waals surface area contributed by atoms with E-state index in [-0.39, 0.29) is 5.91 Å². The van der Waals surface area contributed by atoms with Crippen molar-refractivity contribution >= 4 is 29.3 Å². The molecule has 0 saturated heterocycles. The first-order valence-electron chi connectivity index (χ1n) is 8.62. The normalized spacial score (nSPS) is 15.3. The molecule has 3 rings (SSSR count). The van der Waals surface area contributed by atoms with Crippen LogP contribution in [0.5, 0.6) is 0 Å². The number of benzene rings is 1. The van der Waals surface area contributed by atoms with Crippen molar-refractivity contribution in [3.63, 3.8) is 0 Å². The molecule has 25 heavy (non-hydrogen) atoms. The fourth-order valence-corrected chi connectivity index (χ4v) is 3.97. The monoisotopic (exact) mass is 378 g/mol. The number of amides is 1. The Morgan fingerprint density at radius 2 is 2.08 bits per heavy atom. The number of carbonyl (C=O) groups excluding carboxylic acids is 1. The molecule has 1 saturated carbocycles. The fourth-order valence-electron chi connectivity index (χ4n) is 3.07. The lowest BCUT2D eigenvalue weighted by Gasteiger charge is -2.22. The van der Waals surface area contributed by atoms with Crippen LogP contribution in [-0.4, -0.2) is 32.5 Å². The van der Waals surface area contributed by atoms with E-state index >= 15 is 0 Å². The van der Waals surface area contributed by atoms with Gasteiger partial charge < -0.3 is 9.88 Å². The van der Waals surface area contributed by atoms with Crippen LogP contribution in [0.15, 0.2) is 23.4 Å². The van der Waals surface area contributed by atoms with E-state index in [1.165, 1.54) is 31.0 Å². The van der Waals surface area contributed by atoms with Gasteiger partial charge in [-0.25, -0.2) is 0 Å². The van der Waals surface area contributed by atoms with Crippen LogP contribution in [0.4, 0.5) is 0 Å². The third-order valence-corrected chi connectivity index (χ3v) is 6.00. The molecule has 1 aliphatic carbocycles. The SMILES string of the molecule is Cc1ccc(-c2nnc(SCC(=O)NC3CCCCC3)n2C)cc1Cl. The van der Waals surface area contributed by atoms with Crippen molar-refractivity contribution in [3.8, 4) is 11.4 Å². The summed E-state index contributed by atoms with van der Waals surface area (Å²) >= 11 is 7.61. The van der Waals surface area contributed by atoms with Gasteiger partial charge >= 0.3 is 0 Å². The van der Waals surface area contributed by atoms with E-state index in [0.29, 0.717) is 16.8 Å². The smallest absolute Gasteiger partial charge is 0.230 e. The average Bonchev–Trinajstić information content (AvgIpc) is 2.97. The molecule has 134 valence electrons. The highest BCUT2D eigenvalue weighted by Crippen LogP contribution is 2.26. The Morgan fingerprint density at radius 1 is 1.32 bits per heavy atom. The van der Waals surface area contributed by atoms with Gasteiger partial charge in [0, 0.05) is 23.7 Å². The molecule has 1 amide bonds. The highest BCUT2D eigenvalue weighted by atomic mass is 35.5. The Bertz CT molecular complexity index is 756. The molecule has 0 unspecified atom stereocenters. The van der Waals surface area contributed by atoms with Crippen LogP contribution in [0.25, 0.3) is 11.4 Å². The molecule has 1 aromatic carbocycles. The fraction of sp³-hybridized carbons (Fsp3) is 0.500. The van der Waals surface area contributed by atoms with E-state index < -0.39 is 0 Å². The molecule has 0 spiro atoms. The molecule has 1 aromatic heterocycles. The minimum atomic E-state index is 0.0693. The van der Waals surface area contributed by atoms with E-state index in [9.17, 15) is 4.79 Å². The van der Waals surface area contributed by atoms with Gasteiger partial charge in [0.1, 0.15) is 0 Å². The Balaban J connectivity index is 1.61. The number of aryl methyl sites for hydroxylation is 1. The molecule has 1 N–H and O–H groups in total. The molecule has 7 heteroatoms. The van der Waals surface area contributed by atoms with Crippen molar-refractivity contribution in [1.29, 1.82) is 0 Å². The summed E-state index contributed by atoms with van der Waals surface area (Å²) in [6, 6.07) is 6.18. The van der Waals surface area contributed by atoms with Crippen LogP contribution in [0, 0.1) is 6.92 Å². The average molecular weight is 379 g/mol. The second-order valence-corrected chi connectivity index (χ2v) is 7.87. The Hall–Kier alpha value is -1.53. The largest absolute Gasteiger partial charge is 0.353 e.